The Morgan fingerprint density at radius 2 is 1.75 bits per heavy atom. The molecule has 3 N–H and O–H groups in total. The lowest BCUT2D eigenvalue weighted by atomic mass is 10.3. The predicted octanol–water partition coefficient (Wildman–Crippen LogP) is 1.46. The molecule has 1 aromatic carbocycles. The average molecular weight is 347 g/mol. The van der Waals surface area contributed by atoms with Crippen molar-refractivity contribution < 1.29 is 23.1 Å². The van der Waals surface area contributed by atoms with Crippen molar-refractivity contribution in [3.63, 3.8) is 0 Å². The first kappa shape index (κ1) is 17.2. The van der Waals surface area contributed by atoms with Crippen LogP contribution in [0.25, 0.3) is 0 Å². The molecule has 0 aliphatic heterocycles. The third-order valence-electron chi connectivity index (χ3n) is 2.71. The molecule has 0 fully saturated rings. The molecule has 0 saturated heterocycles. The molecule has 124 valence electrons. The van der Waals surface area contributed by atoms with Gasteiger partial charge in [-0.25, -0.2) is 18.2 Å². The largest absolute Gasteiger partial charge is 0.478 e. The van der Waals surface area contributed by atoms with Crippen LogP contribution in [0.5, 0.6) is 0 Å². The number of nitrogens with zero attached hydrogens (tertiary/aromatic N) is 1. The zero-order valence-electron chi connectivity index (χ0n) is 12.2. The zero-order valence-corrected chi connectivity index (χ0v) is 13.0. The zero-order chi connectivity index (χ0) is 17.6. The van der Waals surface area contributed by atoms with Gasteiger partial charge in [0.05, 0.1) is 4.90 Å². The maximum atomic E-state index is 12.2. The third-order valence-corrected chi connectivity index (χ3v) is 4.08. The molecular weight excluding hydrogens is 334 g/mol. The van der Waals surface area contributed by atoms with E-state index < -0.39 is 21.9 Å². The van der Waals surface area contributed by atoms with E-state index in [1.54, 1.807) is 12.1 Å². The quantitative estimate of drug-likeness (QED) is 0.679. The number of hydrogen-bond acceptors (Lipinski definition) is 5. The van der Waals surface area contributed by atoms with E-state index in [1.807, 2.05) is 0 Å². The Hall–Kier alpha value is -3.20. The summed E-state index contributed by atoms with van der Waals surface area (Å²) < 4.78 is 26.7. The lowest BCUT2D eigenvalue weighted by molar-refractivity contribution is -0.131. The summed E-state index contributed by atoms with van der Waals surface area (Å²) in [6, 6.07) is 10.2. The smallest absolute Gasteiger partial charge is 0.328 e. The van der Waals surface area contributed by atoms with Crippen molar-refractivity contribution in [2.24, 2.45) is 0 Å². The number of carbonyl (C=O) groups is 2. The molecule has 0 unspecified atom stereocenters. The first-order valence-electron chi connectivity index (χ1n) is 6.63. The molecule has 0 saturated carbocycles. The van der Waals surface area contributed by atoms with E-state index in [1.165, 1.54) is 36.5 Å². The summed E-state index contributed by atoms with van der Waals surface area (Å²) in [5.41, 5.74) is 0.326. The van der Waals surface area contributed by atoms with Gasteiger partial charge in [-0.2, -0.15) is 0 Å². The molecule has 2 rings (SSSR count). The molecule has 8 nitrogen and oxygen atoms in total. The summed E-state index contributed by atoms with van der Waals surface area (Å²) in [5, 5.41) is 10.8. The number of sulfonamides is 1. The Kier molecular flexibility index (Phi) is 5.27. The Morgan fingerprint density at radius 1 is 1.04 bits per heavy atom. The Labute approximate surface area is 137 Å². The second kappa shape index (κ2) is 7.38. The molecule has 2 aromatic rings. The summed E-state index contributed by atoms with van der Waals surface area (Å²) in [6.45, 7) is 0. The summed E-state index contributed by atoms with van der Waals surface area (Å²) in [5.74, 6) is -1.69. The maximum absolute atomic E-state index is 12.2. The van der Waals surface area contributed by atoms with Crippen molar-refractivity contribution in [3.8, 4) is 0 Å². The van der Waals surface area contributed by atoms with Crippen LogP contribution in [0.4, 0.5) is 11.5 Å². The number of carbonyl (C=O) groups excluding carboxylic acids is 1. The minimum Gasteiger partial charge on any atom is -0.478 e. The van der Waals surface area contributed by atoms with Gasteiger partial charge in [-0.3, -0.25) is 9.52 Å². The van der Waals surface area contributed by atoms with Gasteiger partial charge in [0.15, 0.2) is 0 Å². The molecule has 1 amide bonds. The summed E-state index contributed by atoms with van der Waals surface area (Å²) in [4.78, 5) is 25.6. The van der Waals surface area contributed by atoms with E-state index in [4.69, 9.17) is 5.11 Å². The second-order valence-corrected chi connectivity index (χ2v) is 6.19. The number of carboxylic acid groups (broad SMARTS) is 1. The van der Waals surface area contributed by atoms with Crippen LogP contribution in [-0.4, -0.2) is 30.4 Å². The molecule has 0 spiro atoms. The summed E-state index contributed by atoms with van der Waals surface area (Å²) in [7, 11) is -3.80. The van der Waals surface area contributed by atoms with Crippen LogP contribution >= 0.6 is 0 Å². The van der Waals surface area contributed by atoms with Gasteiger partial charge < -0.3 is 10.4 Å². The lowest BCUT2D eigenvalue weighted by Gasteiger charge is -2.08. The molecule has 1 aromatic heterocycles. The third kappa shape index (κ3) is 4.92. The minimum atomic E-state index is -3.80. The highest BCUT2D eigenvalue weighted by Gasteiger charge is 2.14. The van der Waals surface area contributed by atoms with Crippen LogP contribution in [0.2, 0.25) is 0 Å². The van der Waals surface area contributed by atoms with Crippen molar-refractivity contribution in [2.75, 3.05) is 10.0 Å². The van der Waals surface area contributed by atoms with Gasteiger partial charge in [0.25, 0.3) is 10.0 Å². The molecule has 0 aliphatic rings. The molecular formula is C15H13N3O5S. The van der Waals surface area contributed by atoms with Gasteiger partial charge in [0, 0.05) is 24.0 Å². The Bertz CT molecular complexity index is 862. The van der Waals surface area contributed by atoms with Crippen molar-refractivity contribution >= 4 is 33.4 Å². The van der Waals surface area contributed by atoms with E-state index in [2.05, 4.69) is 15.0 Å². The Morgan fingerprint density at radius 3 is 2.33 bits per heavy atom. The first-order valence-corrected chi connectivity index (χ1v) is 8.11. The van der Waals surface area contributed by atoms with E-state index in [-0.39, 0.29) is 10.7 Å². The van der Waals surface area contributed by atoms with Gasteiger partial charge in [0.2, 0.25) is 5.91 Å². The maximum Gasteiger partial charge on any atom is 0.328 e. The highest BCUT2D eigenvalue weighted by atomic mass is 32.2. The summed E-state index contributed by atoms with van der Waals surface area (Å²) >= 11 is 0. The number of benzene rings is 1. The van der Waals surface area contributed by atoms with Crippen molar-refractivity contribution in [1.29, 1.82) is 0 Å². The van der Waals surface area contributed by atoms with Crippen LogP contribution in [0.3, 0.4) is 0 Å². The van der Waals surface area contributed by atoms with Crippen LogP contribution in [-0.2, 0) is 19.6 Å². The van der Waals surface area contributed by atoms with Crippen molar-refractivity contribution in [3.05, 3.63) is 60.8 Å². The second-order valence-electron chi connectivity index (χ2n) is 4.51. The first-order chi connectivity index (χ1) is 11.4. The lowest BCUT2D eigenvalue weighted by Crippen LogP contribution is -2.14. The van der Waals surface area contributed by atoms with Crippen LogP contribution in [0.15, 0.2) is 65.7 Å². The van der Waals surface area contributed by atoms with Gasteiger partial charge in [-0.05, 0) is 36.4 Å². The van der Waals surface area contributed by atoms with Crippen LogP contribution in [0.1, 0.15) is 0 Å². The van der Waals surface area contributed by atoms with E-state index in [9.17, 15) is 18.0 Å². The Balaban J connectivity index is 2.08. The fourth-order valence-corrected chi connectivity index (χ4v) is 2.68. The minimum absolute atomic E-state index is 0.00719. The molecule has 0 radical (unpaired) electrons. The summed E-state index contributed by atoms with van der Waals surface area (Å²) in [6.07, 6.45) is 3.02. The van der Waals surface area contributed by atoms with Gasteiger partial charge in [-0.1, -0.05) is 6.07 Å². The van der Waals surface area contributed by atoms with E-state index in [0.717, 1.165) is 6.08 Å². The number of rotatable bonds is 6. The topological polar surface area (TPSA) is 125 Å². The van der Waals surface area contributed by atoms with Gasteiger partial charge in [0.1, 0.15) is 5.82 Å². The monoisotopic (exact) mass is 347 g/mol. The number of amides is 1. The number of anilines is 2. The normalized spacial score (nSPS) is 11.2. The standard InChI is InChI=1S/C15H13N3O5S/c19-14(8-9-15(20)21)17-11-4-6-12(7-5-11)24(22,23)18-13-3-1-2-10-16-13/h1-10H,(H,16,18)(H,17,19)(H,20,21). The molecule has 24 heavy (non-hydrogen) atoms. The highest BCUT2D eigenvalue weighted by Crippen LogP contribution is 2.17. The number of pyridine rings is 1. The number of nitrogens with one attached hydrogen (secondary N) is 2. The SMILES string of the molecule is O=C(O)C=CC(=O)Nc1ccc(S(=O)(=O)Nc2ccccn2)cc1. The average Bonchev–Trinajstić information content (AvgIpc) is 2.54. The van der Waals surface area contributed by atoms with E-state index in [0.29, 0.717) is 11.8 Å². The van der Waals surface area contributed by atoms with Crippen molar-refractivity contribution in [2.45, 2.75) is 4.90 Å². The fraction of sp³-hybridized carbons (Fsp3) is 0. The number of aliphatic carboxylic acids is 1. The fourth-order valence-electron chi connectivity index (χ4n) is 1.67. The van der Waals surface area contributed by atoms with Gasteiger partial charge >= 0.3 is 5.97 Å². The number of hydrogen-bond donors (Lipinski definition) is 3. The molecule has 9 heteroatoms. The van der Waals surface area contributed by atoms with E-state index >= 15 is 0 Å². The van der Waals surface area contributed by atoms with Crippen LogP contribution in [0, 0.1) is 0 Å². The van der Waals surface area contributed by atoms with Crippen molar-refractivity contribution in [1.82, 2.24) is 4.98 Å². The van der Waals surface area contributed by atoms with Gasteiger partial charge in [-0.15, -0.1) is 0 Å². The number of aromatic nitrogens is 1. The van der Waals surface area contributed by atoms with Crippen LogP contribution < -0.4 is 10.0 Å². The molecule has 0 bridgehead atoms. The highest BCUT2D eigenvalue weighted by molar-refractivity contribution is 7.92. The molecule has 0 atom stereocenters. The predicted molar refractivity (Wildman–Crippen MR) is 86.9 cm³/mol. The number of carboxylic acids is 1. The molecule has 0 aliphatic carbocycles. The molecule has 1 heterocycles.